The molecule has 0 aliphatic carbocycles. The second-order valence-electron chi connectivity index (χ2n) is 1.67. The lowest BCUT2D eigenvalue weighted by atomic mass is 10.3. The van der Waals surface area contributed by atoms with Gasteiger partial charge in [-0.05, 0) is 6.92 Å². The van der Waals surface area contributed by atoms with Gasteiger partial charge in [-0.15, -0.1) is 0 Å². The number of nitrogens with zero attached hydrogens (tertiary/aromatic N) is 1. The van der Waals surface area contributed by atoms with Crippen molar-refractivity contribution in [3.63, 3.8) is 0 Å². The van der Waals surface area contributed by atoms with Crippen molar-refractivity contribution in [1.82, 2.24) is 0 Å². The van der Waals surface area contributed by atoms with Gasteiger partial charge in [-0.3, -0.25) is 10.4 Å². The Morgan fingerprint density at radius 2 is 2.40 bits per heavy atom. The third-order valence-electron chi connectivity index (χ3n) is 0.865. The van der Waals surface area contributed by atoms with Crippen molar-refractivity contribution in [1.29, 1.82) is 5.41 Å². The number of hydrogen-bond acceptors (Lipinski definition) is 3. The molecule has 4 nitrogen and oxygen atoms in total. The van der Waals surface area contributed by atoms with Crippen LogP contribution in [0.5, 0.6) is 0 Å². The lowest BCUT2D eigenvalue weighted by Gasteiger charge is -1.88. The second-order valence-corrected chi connectivity index (χ2v) is 1.67. The lowest BCUT2D eigenvalue weighted by Crippen LogP contribution is -2.11. The molecule has 0 bridgehead atoms. The number of carbonyl (C=O) groups is 1. The normalized spacial score (nSPS) is 10.1. The maximum absolute atomic E-state index is 10.0. The van der Waals surface area contributed by atoms with E-state index in [1.54, 1.807) is 0 Å². The summed E-state index contributed by atoms with van der Waals surface area (Å²) in [5.41, 5.74) is -0.322. The number of nitrogens with one attached hydrogen (secondary N) is 1. The Morgan fingerprint density at radius 1 is 1.80 bits per heavy atom. The SMILES string of the molecule is CCN=CCC(=N)C(=O)O. The first-order valence-corrected chi connectivity index (χ1v) is 2.97. The molecule has 0 unspecified atom stereocenters. The maximum Gasteiger partial charge on any atom is 0.349 e. The van der Waals surface area contributed by atoms with E-state index >= 15 is 0 Å². The minimum atomic E-state index is -1.18. The Hall–Kier alpha value is -1.19. The summed E-state index contributed by atoms with van der Waals surface area (Å²) in [5, 5.41) is 15.0. The number of rotatable bonds is 4. The zero-order valence-electron chi connectivity index (χ0n) is 5.79. The van der Waals surface area contributed by atoms with Crippen LogP contribution in [0, 0.1) is 5.41 Å². The first-order valence-electron chi connectivity index (χ1n) is 2.97. The van der Waals surface area contributed by atoms with Crippen LogP contribution >= 0.6 is 0 Å². The Bertz CT molecular complexity index is 163. The highest BCUT2D eigenvalue weighted by atomic mass is 16.4. The molecule has 2 N–H and O–H groups in total. The summed E-state index contributed by atoms with van der Waals surface area (Å²) in [4.78, 5) is 13.8. The van der Waals surface area contributed by atoms with Gasteiger partial charge in [0, 0.05) is 19.2 Å². The molecule has 0 aromatic heterocycles. The number of aliphatic imine (C=N–C) groups is 1. The van der Waals surface area contributed by atoms with Gasteiger partial charge in [0.15, 0.2) is 0 Å². The molecule has 0 aliphatic rings. The van der Waals surface area contributed by atoms with Crippen LogP contribution < -0.4 is 0 Å². The number of aliphatic carboxylic acids is 1. The van der Waals surface area contributed by atoms with Crippen LogP contribution in [0.3, 0.4) is 0 Å². The van der Waals surface area contributed by atoms with Gasteiger partial charge in [0.05, 0.1) is 0 Å². The predicted molar refractivity (Wildman–Crippen MR) is 39.0 cm³/mol. The fourth-order valence-electron chi connectivity index (χ4n) is 0.372. The van der Waals surface area contributed by atoms with Crippen molar-refractivity contribution in [2.45, 2.75) is 13.3 Å². The molecule has 0 fully saturated rings. The first-order chi connectivity index (χ1) is 4.68. The zero-order chi connectivity index (χ0) is 7.98. The van der Waals surface area contributed by atoms with Crippen LogP contribution in [0.4, 0.5) is 0 Å². The highest BCUT2D eigenvalue weighted by Crippen LogP contribution is 1.79. The molecule has 56 valence electrons. The highest BCUT2D eigenvalue weighted by Gasteiger charge is 2.02. The van der Waals surface area contributed by atoms with E-state index < -0.39 is 5.97 Å². The summed E-state index contributed by atoms with van der Waals surface area (Å²) in [6.07, 6.45) is 1.56. The van der Waals surface area contributed by atoms with Crippen molar-refractivity contribution in [3.05, 3.63) is 0 Å². The van der Waals surface area contributed by atoms with E-state index in [0.717, 1.165) is 0 Å². The first kappa shape index (κ1) is 8.81. The van der Waals surface area contributed by atoms with E-state index in [4.69, 9.17) is 10.5 Å². The topological polar surface area (TPSA) is 73.5 Å². The molecule has 0 amide bonds. The number of carboxylic acid groups (broad SMARTS) is 1. The standard InChI is InChI=1S/C6H10N2O2/c1-2-8-4-3-5(7)6(9)10/h4,7H,2-3H2,1H3,(H,9,10). The van der Waals surface area contributed by atoms with Crippen LogP contribution in [0.15, 0.2) is 4.99 Å². The molecule has 0 atom stereocenters. The van der Waals surface area contributed by atoms with Crippen LogP contribution in [-0.4, -0.2) is 29.5 Å². The Morgan fingerprint density at radius 3 is 2.80 bits per heavy atom. The smallest absolute Gasteiger partial charge is 0.349 e. The largest absolute Gasteiger partial charge is 0.477 e. The monoisotopic (exact) mass is 142 g/mol. The number of hydrogen-bond donors (Lipinski definition) is 2. The summed E-state index contributed by atoms with van der Waals surface area (Å²) in [6.45, 7) is 2.48. The Balaban J connectivity index is 3.60. The van der Waals surface area contributed by atoms with Gasteiger partial charge in [0.25, 0.3) is 0 Å². The summed E-state index contributed by atoms with van der Waals surface area (Å²) in [5.74, 6) is -1.18. The van der Waals surface area contributed by atoms with Gasteiger partial charge in [-0.1, -0.05) is 0 Å². The molecule has 0 spiro atoms. The van der Waals surface area contributed by atoms with E-state index in [1.807, 2.05) is 6.92 Å². The van der Waals surface area contributed by atoms with E-state index in [1.165, 1.54) is 6.21 Å². The molecule has 10 heavy (non-hydrogen) atoms. The third-order valence-corrected chi connectivity index (χ3v) is 0.865. The fraction of sp³-hybridized carbons (Fsp3) is 0.500. The minimum absolute atomic E-state index is 0.114. The van der Waals surface area contributed by atoms with Crippen molar-refractivity contribution >= 4 is 17.9 Å². The van der Waals surface area contributed by atoms with Crippen LogP contribution in [0.2, 0.25) is 0 Å². The van der Waals surface area contributed by atoms with Gasteiger partial charge >= 0.3 is 5.97 Å². The predicted octanol–water partition coefficient (Wildman–Crippen LogP) is 0.572. The van der Waals surface area contributed by atoms with E-state index in [9.17, 15) is 4.79 Å². The fourth-order valence-corrected chi connectivity index (χ4v) is 0.372. The molecular weight excluding hydrogens is 132 g/mol. The van der Waals surface area contributed by atoms with E-state index in [2.05, 4.69) is 4.99 Å². The highest BCUT2D eigenvalue weighted by molar-refractivity contribution is 6.36. The maximum atomic E-state index is 10.0. The van der Waals surface area contributed by atoms with Gasteiger partial charge in [-0.25, -0.2) is 4.79 Å². The average molecular weight is 142 g/mol. The van der Waals surface area contributed by atoms with Gasteiger partial charge in [0.1, 0.15) is 5.71 Å². The molecular formula is C6H10N2O2. The van der Waals surface area contributed by atoms with E-state index in [-0.39, 0.29) is 12.1 Å². The molecule has 0 aliphatic heterocycles. The van der Waals surface area contributed by atoms with Crippen molar-refractivity contribution in [2.75, 3.05) is 6.54 Å². The molecule has 4 heteroatoms. The lowest BCUT2D eigenvalue weighted by molar-refractivity contribution is -0.129. The zero-order valence-corrected chi connectivity index (χ0v) is 5.79. The van der Waals surface area contributed by atoms with Gasteiger partial charge < -0.3 is 5.11 Å². The molecule has 0 heterocycles. The molecule has 0 aromatic carbocycles. The molecule has 0 radical (unpaired) electrons. The molecule has 0 rings (SSSR count). The summed E-state index contributed by atoms with van der Waals surface area (Å²) in [7, 11) is 0. The van der Waals surface area contributed by atoms with Crippen LogP contribution in [0.25, 0.3) is 0 Å². The second kappa shape index (κ2) is 4.67. The third kappa shape index (κ3) is 3.77. The van der Waals surface area contributed by atoms with Crippen LogP contribution in [0.1, 0.15) is 13.3 Å². The summed E-state index contributed by atoms with van der Waals surface area (Å²) < 4.78 is 0. The van der Waals surface area contributed by atoms with Gasteiger partial charge in [0.2, 0.25) is 0 Å². The Labute approximate surface area is 59.1 Å². The summed E-state index contributed by atoms with van der Waals surface area (Å²) in [6, 6.07) is 0. The average Bonchev–Trinajstić information content (AvgIpc) is 1.88. The number of carboxylic acids is 1. The molecule has 0 aromatic rings. The summed E-state index contributed by atoms with van der Waals surface area (Å²) >= 11 is 0. The van der Waals surface area contributed by atoms with Crippen molar-refractivity contribution < 1.29 is 9.90 Å². The quantitative estimate of drug-likeness (QED) is 0.563. The van der Waals surface area contributed by atoms with E-state index in [0.29, 0.717) is 6.54 Å². The van der Waals surface area contributed by atoms with Crippen molar-refractivity contribution in [3.8, 4) is 0 Å². The van der Waals surface area contributed by atoms with Gasteiger partial charge in [-0.2, -0.15) is 0 Å². The minimum Gasteiger partial charge on any atom is -0.477 e. The van der Waals surface area contributed by atoms with Crippen molar-refractivity contribution in [2.24, 2.45) is 4.99 Å². The van der Waals surface area contributed by atoms with Crippen LogP contribution in [-0.2, 0) is 4.79 Å². The molecule has 0 saturated heterocycles. The Kier molecular flexibility index (Phi) is 4.11. The molecule has 0 saturated carbocycles.